The molecule has 0 radical (unpaired) electrons. The minimum absolute atomic E-state index is 0.666. The van der Waals surface area contributed by atoms with Gasteiger partial charge in [0.05, 0.1) is 0 Å². The Morgan fingerprint density at radius 1 is 1.09 bits per heavy atom. The Bertz CT molecular complexity index is 124. The van der Waals surface area contributed by atoms with Crippen molar-refractivity contribution in [1.29, 1.82) is 0 Å². The number of halogens is 1. The van der Waals surface area contributed by atoms with Crippen LogP contribution >= 0.6 is 6.35 Å². The van der Waals surface area contributed by atoms with Gasteiger partial charge in [-0.15, -0.1) is 0 Å². The van der Waals surface area contributed by atoms with E-state index in [2.05, 4.69) is 13.8 Å². The molecule has 68 valence electrons. The maximum atomic E-state index is 13.4. The first-order chi connectivity index (χ1) is 5.12. The Morgan fingerprint density at radius 2 is 1.45 bits per heavy atom. The summed E-state index contributed by atoms with van der Waals surface area (Å²) in [6, 6.07) is 0. The predicted molar refractivity (Wildman–Crippen MR) is 54.9 cm³/mol. The topological polar surface area (TPSA) is 0 Å². The molecule has 0 heterocycles. The van der Waals surface area contributed by atoms with Crippen LogP contribution in [0.2, 0.25) is 0 Å². The highest BCUT2D eigenvalue weighted by atomic mass is 32.5. The Hall–Kier alpha value is 0.580. The van der Waals surface area contributed by atoms with E-state index in [1.54, 1.807) is 0 Å². The molecule has 11 heavy (non-hydrogen) atoms. The Morgan fingerprint density at radius 3 is 1.73 bits per heavy atom. The molecule has 0 amide bonds. The zero-order valence-corrected chi connectivity index (χ0v) is 9.19. The van der Waals surface area contributed by atoms with Crippen molar-refractivity contribution in [1.82, 2.24) is 0 Å². The summed E-state index contributed by atoms with van der Waals surface area (Å²) in [5, 5.41) is 0. The van der Waals surface area contributed by atoms with Gasteiger partial charge in [-0.3, -0.25) is 0 Å². The minimum Gasteiger partial charge on any atom is -0.218 e. The van der Waals surface area contributed by atoms with E-state index in [0.717, 1.165) is 25.7 Å². The van der Waals surface area contributed by atoms with Crippen LogP contribution in [-0.2, 0) is 11.8 Å². The van der Waals surface area contributed by atoms with Crippen molar-refractivity contribution >= 4 is 18.2 Å². The molecule has 0 aromatic heterocycles. The smallest absolute Gasteiger partial charge is 0.114 e. The second kappa shape index (κ2) is 6.14. The van der Waals surface area contributed by atoms with Gasteiger partial charge in [0.2, 0.25) is 0 Å². The van der Waals surface area contributed by atoms with E-state index in [0.29, 0.717) is 12.3 Å². The molecule has 0 aromatic rings. The molecule has 0 bridgehead atoms. The first-order valence-corrected chi connectivity index (χ1v) is 7.46. The Labute approximate surface area is 74.7 Å². The summed E-state index contributed by atoms with van der Waals surface area (Å²) in [5.41, 5.74) is 0. The molecule has 0 unspecified atom stereocenters. The molecular weight excluding hydrogens is 178 g/mol. The molecule has 0 N–H and O–H groups in total. The first-order valence-electron chi connectivity index (χ1n) is 4.40. The molecule has 0 atom stereocenters. The lowest BCUT2D eigenvalue weighted by atomic mass is 10.4. The Kier molecular flexibility index (Phi) is 6.46. The van der Waals surface area contributed by atoms with Crippen molar-refractivity contribution in [3.05, 3.63) is 0 Å². The van der Waals surface area contributed by atoms with Gasteiger partial charge in [-0.2, -0.15) is 0 Å². The quantitative estimate of drug-likeness (QED) is 0.579. The van der Waals surface area contributed by atoms with Gasteiger partial charge in [0, 0.05) is 12.3 Å². The molecule has 0 aliphatic rings. The summed E-state index contributed by atoms with van der Waals surface area (Å²) < 4.78 is 13.4. The van der Waals surface area contributed by atoms with Crippen LogP contribution in [0.1, 0.15) is 39.5 Å². The second-order valence-electron chi connectivity index (χ2n) is 2.94. The van der Waals surface area contributed by atoms with Crippen molar-refractivity contribution in [2.75, 3.05) is 12.3 Å². The van der Waals surface area contributed by atoms with E-state index in [1.165, 1.54) is 0 Å². The number of hydrogen-bond donors (Lipinski definition) is 0. The molecule has 0 rings (SSSR count). The van der Waals surface area contributed by atoms with Gasteiger partial charge < -0.3 is 0 Å². The summed E-state index contributed by atoms with van der Waals surface area (Å²) in [6.07, 6.45) is 3.01. The van der Waals surface area contributed by atoms with Crippen LogP contribution in [0.3, 0.4) is 0 Å². The number of rotatable bonds is 6. The van der Waals surface area contributed by atoms with E-state index < -0.39 is 6.35 Å². The van der Waals surface area contributed by atoms with E-state index in [1.807, 2.05) is 0 Å². The maximum Gasteiger partial charge on any atom is 0.114 e. The fourth-order valence-corrected chi connectivity index (χ4v) is 3.48. The maximum absolute atomic E-state index is 13.4. The first kappa shape index (κ1) is 11.6. The highest BCUT2D eigenvalue weighted by Crippen LogP contribution is 2.49. The summed E-state index contributed by atoms with van der Waals surface area (Å²) >= 11 is 4.92. The second-order valence-corrected chi connectivity index (χ2v) is 7.38. The van der Waals surface area contributed by atoms with Crippen molar-refractivity contribution in [2.45, 2.75) is 39.5 Å². The van der Waals surface area contributed by atoms with Gasteiger partial charge in [0.25, 0.3) is 0 Å². The molecule has 0 aromatic carbocycles. The van der Waals surface area contributed by atoms with Crippen LogP contribution in [0.4, 0.5) is 4.20 Å². The monoisotopic (exact) mass is 196 g/mol. The third-order valence-electron chi connectivity index (χ3n) is 1.69. The van der Waals surface area contributed by atoms with Gasteiger partial charge in [-0.1, -0.05) is 38.5 Å². The van der Waals surface area contributed by atoms with E-state index in [-0.39, 0.29) is 0 Å². The summed E-state index contributed by atoms with van der Waals surface area (Å²) in [4.78, 5) is 0. The zero-order valence-electron chi connectivity index (χ0n) is 7.48. The summed E-state index contributed by atoms with van der Waals surface area (Å²) in [6.45, 7) is 4.16. The summed E-state index contributed by atoms with van der Waals surface area (Å²) in [7, 11) is 0. The van der Waals surface area contributed by atoms with Crippen LogP contribution in [0.15, 0.2) is 0 Å². The standard InChI is InChI=1S/C8H18FPS/c1-3-5-7-10(9,11)8-6-4-2/h3-8H2,1-2H3. The van der Waals surface area contributed by atoms with Crippen LogP contribution in [0.25, 0.3) is 0 Å². The molecular formula is C8H18FPS. The number of unbranched alkanes of at least 4 members (excludes halogenated alkanes) is 2. The summed E-state index contributed by atoms with van der Waals surface area (Å²) in [5.74, 6) is 0. The lowest BCUT2D eigenvalue weighted by Crippen LogP contribution is -1.89. The van der Waals surface area contributed by atoms with Gasteiger partial charge in [-0.05, 0) is 12.8 Å². The highest BCUT2D eigenvalue weighted by molar-refractivity contribution is 8.12. The highest BCUT2D eigenvalue weighted by Gasteiger charge is 2.12. The predicted octanol–water partition coefficient (Wildman–Crippen LogP) is 3.95. The lowest BCUT2D eigenvalue weighted by Gasteiger charge is -2.10. The minimum atomic E-state index is -2.39. The van der Waals surface area contributed by atoms with E-state index in [9.17, 15) is 4.20 Å². The lowest BCUT2D eigenvalue weighted by molar-refractivity contribution is 0.800. The number of hydrogen-bond acceptors (Lipinski definition) is 1. The fourth-order valence-electron chi connectivity index (χ4n) is 0.900. The molecule has 3 heteroatoms. The third-order valence-corrected chi connectivity index (χ3v) is 4.75. The molecule has 0 fully saturated rings. The van der Waals surface area contributed by atoms with Gasteiger partial charge in [0.1, 0.15) is 6.35 Å². The molecule has 0 saturated carbocycles. The molecule has 0 aliphatic heterocycles. The van der Waals surface area contributed by atoms with Gasteiger partial charge in [0.15, 0.2) is 0 Å². The van der Waals surface area contributed by atoms with E-state index >= 15 is 0 Å². The Balaban J connectivity index is 3.53. The molecule has 0 nitrogen and oxygen atoms in total. The van der Waals surface area contributed by atoms with Gasteiger partial charge in [-0.25, -0.2) is 4.20 Å². The average molecular weight is 196 g/mol. The van der Waals surface area contributed by atoms with Crippen molar-refractivity contribution in [3.8, 4) is 0 Å². The molecule has 0 saturated heterocycles. The molecule has 0 spiro atoms. The van der Waals surface area contributed by atoms with Crippen LogP contribution in [-0.4, -0.2) is 12.3 Å². The van der Waals surface area contributed by atoms with Crippen LogP contribution in [0, 0.1) is 0 Å². The zero-order chi connectivity index (χ0) is 8.74. The van der Waals surface area contributed by atoms with Crippen LogP contribution < -0.4 is 0 Å². The van der Waals surface area contributed by atoms with Crippen LogP contribution in [0.5, 0.6) is 0 Å². The fraction of sp³-hybridized carbons (Fsp3) is 1.00. The molecule has 0 aliphatic carbocycles. The van der Waals surface area contributed by atoms with Crippen molar-refractivity contribution < 1.29 is 4.20 Å². The third kappa shape index (κ3) is 6.96. The normalized spacial score (nSPS) is 11.9. The SMILES string of the molecule is CCCCP(F)(=S)CCCC. The van der Waals surface area contributed by atoms with Gasteiger partial charge >= 0.3 is 0 Å². The van der Waals surface area contributed by atoms with Crippen molar-refractivity contribution in [3.63, 3.8) is 0 Å². The average Bonchev–Trinajstić information content (AvgIpc) is 1.97. The van der Waals surface area contributed by atoms with E-state index in [4.69, 9.17) is 11.8 Å². The van der Waals surface area contributed by atoms with Crippen molar-refractivity contribution in [2.24, 2.45) is 0 Å². The largest absolute Gasteiger partial charge is 0.218 e.